The number of methoxy groups -OCH3 is 2. The lowest BCUT2D eigenvalue weighted by Gasteiger charge is -2.31. The second kappa shape index (κ2) is 11.5. The molecule has 3 heterocycles. The summed E-state index contributed by atoms with van der Waals surface area (Å²) in [5, 5.41) is 13.7. The molecule has 232 valence electrons. The van der Waals surface area contributed by atoms with Gasteiger partial charge in [-0.2, -0.15) is 13.2 Å². The van der Waals surface area contributed by atoms with Crippen LogP contribution in [-0.4, -0.2) is 67.9 Å². The molecule has 8 nitrogen and oxygen atoms in total. The molecule has 2 aromatic heterocycles. The van der Waals surface area contributed by atoms with Crippen molar-refractivity contribution in [2.45, 2.75) is 17.2 Å². The zero-order valence-corrected chi connectivity index (χ0v) is 23.3. The summed E-state index contributed by atoms with van der Waals surface area (Å²) in [5.74, 6) is -1.36. The molecule has 0 unspecified atom stereocenters. The topological polar surface area (TPSA) is 103 Å². The van der Waals surface area contributed by atoms with Crippen molar-refractivity contribution in [3.63, 3.8) is 0 Å². The van der Waals surface area contributed by atoms with Gasteiger partial charge in [0.05, 0.1) is 38.1 Å². The molecule has 0 aliphatic carbocycles. The van der Waals surface area contributed by atoms with E-state index in [1.807, 2.05) is 0 Å². The molecule has 2 N–H and O–H groups in total. The number of carbonyl (C=O) groups is 1. The van der Waals surface area contributed by atoms with Gasteiger partial charge in [-0.3, -0.25) is 4.79 Å². The molecule has 0 saturated heterocycles. The van der Waals surface area contributed by atoms with Gasteiger partial charge in [0.1, 0.15) is 54.2 Å². The predicted octanol–water partition coefficient (Wildman–Crippen LogP) is 5.20. The number of hydrogen-bond donors (Lipinski definition) is 2. The molecular weight excluding hydrogens is 596 g/mol. The number of nitrogens with zero attached hydrogens (tertiary/aromatic N) is 2. The van der Waals surface area contributed by atoms with Crippen molar-refractivity contribution < 1.29 is 50.5 Å². The van der Waals surface area contributed by atoms with Crippen LogP contribution in [-0.2, 0) is 11.0 Å². The second-order valence-electron chi connectivity index (χ2n) is 10.2. The van der Waals surface area contributed by atoms with Crippen LogP contribution >= 0.6 is 0 Å². The van der Waals surface area contributed by atoms with Crippen LogP contribution in [0.15, 0.2) is 54.7 Å². The third-order valence-electron chi connectivity index (χ3n) is 7.50. The van der Waals surface area contributed by atoms with E-state index in [9.17, 15) is 36.2 Å². The average molecular weight is 622 g/mol. The fourth-order valence-electron chi connectivity index (χ4n) is 4.87. The molecule has 1 aliphatic rings. The lowest BCUT2D eigenvalue weighted by molar-refractivity contribution is -0.265. The molecule has 14 heteroatoms. The quantitative estimate of drug-likeness (QED) is 0.248. The number of halogens is 6. The first-order valence-electron chi connectivity index (χ1n) is 13.1. The summed E-state index contributed by atoms with van der Waals surface area (Å²) < 4.78 is 102. The van der Waals surface area contributed by atoms with Gasteiger partial charge in [0.15, 0.2) is 0 Å². The van der Waals surface area contributed by atoms with Crippen molar-refractivity contribution in [2.75, 3.05) is 40.7 Å². The summed E-state index contributed by atoms with van der Waals surface area (Å²) in [6.07, 6.45) is -4.02. The number of rotatable bonds is 9. The van der Waals surface area contributed by atoms with E-state index in [1.165, 1.54) is 44.7 Å². The molecule has 5 rings (SSSR count). The van der Waals surface area contributed by atoms with E-state index in [-0.39, 0.29) is 33.9 Å². The van der Waals surface area contributed by atoms with Gasteiger partial charge in [0.25, 0.3) is 5.91 Å². The fourth-order valence-corrected chi connectivity index (χ4v) is 4.87. The van der Waals surface area contributed by atoms with Crippen LogP contribution in [0.3, 0.4) is 0 Å². The van der Waals surface area contributed by atoms with Gasteiger partial charge < -0.3 is 24.6 Å². The van der Waals surface area contributed by atoms with Crippen molar-refractivity contribution in [1.82, 2.24) is 15.3 Å². The Bertz CT molecular complexity index is 1710. The second-order valence-corrected chi connectivity index (χ2v) is 10.2. The Kier molecular flexibility index (Phi) is 8.05. The van der Waals surface area contributed by atoms with E-state index in [0.717, 1.165) is 18.2 Å². The zero-order chi connectivity index (χ0) is 31.9. The molecule has 4 aromatic rings. The Labute approximate surface area is 246 Å². The lowest BCUT2D eigenvalue weighted by atomic mass is 9.82. The maximum Gasteiger partial charge on any atom is 0.424 e. The predicted molar refractivity (Wildman–Crippen MR) is 146 cm³/mol. The van der Waals surface area contributed by atoms with E-state index in [4.69, 9.17) is 14.2 Å². The molecule has 0 saturated carbocycles. The van der Waals surface area contributed by atoms with Crippen molar-refractivity contribution >= 4 is 16.8 Å². The van der Waals surface area contributed by atoms with Crippen LogP contribution in [0.4, 0.5) is 26.3 Å². The molecule has 1 atom stereocenters. The van der Waals surface area contributed by atoms with Gasteiger partial charge >= 0.3 is 6.18 Å². The van der Waals surface area contributed by atoms with Crippen molar-refractivity contribution in [3.05, 3.63) is 77.4 Å². The molecule has 1 aliphatic heterocycles. The number of carbonyl (C=O) groups excluding carboxylic acids is 1. The minimum absolute atomic E-state index is 0.0684. The molecule has 2 aromatic carbocycles. The minimum atomic E-state index is -5.44. The van der Waals surface area contributed by atoms with E-state index in [1.54, 1.807) is 6.07 Å². The molecule has 0 spiro atoms. The molecule has 0 fully saturated rings. The van der Waals surface area contributed by atoms with Gasteiger partial charge in [0.2, 0.25) is 5.60 Å². The monoisotopic (exact) mass is 621 g/mol. The van der Waals surface area contributed by atoms with Crippen LogP contribution in [0, 0.1) is 5.82 Å². The Morgan fingerprint density at radius 1 is 1.07 bits per heavy atom. The smallest absolute Gasteiger partial charge is 0.424 e. The van der Waals surface area contributed by atoms with Gasteiger partial charge in [-0.25, -0.2) is 23.1 Å². The highest BCUT2D eigenvalue weighted by atomic mass is 19.4. The number of alkyl halides is 5. The SMILES string of the molecule is COc1cnc2c(OC)cc(C(=O)NC[C@](O)(c3cc4c(c(-c5ccc(F)cc5)n3)OCC4(CF)CF)C(F)(F)F)cc2c1. The minimum Gasteiger partial charge on any atom is -0.495 e. The average Bonchev–Trinajstić information content (AvgIpc) is 3.41. The number of ether oxygens (including phenoxy) is 3. The highest BCUT2D eigenvalue weighted by Crippen LogP contribution is 2.48. The van der Waals surface area contributed by atoms with E-state index in [2.05, 4.69) is 15.3 Å². The highest BCUT2D eigenvalue weighted by molar-refractivity contribution is 6.00. The molecule has 0 bridgehead atoms. The lowest BCUT2D eigenvalue weighted by Crippen LogP contribution is -2.51. The number of pyridine rings is 2. The number of amides is 1. The normalized spacial score (nSPS) is 15.3. The maximum atomic E-state index is 14.6. The summed E-state index contributed by atoms with van der Waals surface area (Å²) in [5.41, 5.74) is -7.13. The number of aromatic nitrogens is 2. The van der Waals surface area contributed by atoms with Crippen LogP contribution in [0.1, 0.15) is 21.6 Å². The van der Waals surface area contributed by atoms with Crippen molar-refractivity contribution in [3.8, 4) is 28.5 Å². The molecule has 0 radical (unpaired) electrons. The highest BCUT2D eigenvalue weighted by Gasteiger charge is 2.57. The van der Waals surface area contributed by atoms with E-state index >= 15 is 0 Å². The summed E-state index contributed by atoms with van der Waals surface area (Å²) >= 11 is 0. The first-order valence-corrected chi connectivity index (χ1v) is 13.1. The number of aliphatic hydroxyl groups is 1. The van der Waals surface area contributed by atoms with Gasteiger partial charge in [0, 0.05) is 22.1 Å². The van der Waals surface area contributed by atoms with Crippen LogP contribution in [0.5, 0.6) is 17.2 Å². The Morgan fingerprint density at radius 3 is 2.39 bits per heavy atom. The van der Waals surface area contributed by atoms with Gasteiger partial charge in [-0.05, 0) is 48.5 Å². The summed E-state index contributed by atoms with van der Waals surface area (Å²) in [4.78, 5) is 21.4. The third-order valence-corrected chi connectivity index (χ3v) is 7.50. The Morgan fingerprint density at radius 2 is 1.77 bits per heavy atom. The first kappa shape index (κ1) is 30.9. The van der Waals surface area contributed by atoms with E-state index in [0.29, 0.717) is 16.7 Å². The number of benzene rings is 2. The van der Waals surface area contributed by atoms with Crippen LogP contribution in [0.25, 0.3) is 22.2 Å². The summed E-state index contributed by atoms with van der Waals surface area (Å²) in [7, 11) is 2.72. The number of nitrogens with one attached hydrogen (secondary N) is 1. The Hall–Kier alpha value is -4.59. The Balaban J connectivity index is 1.58. The van der Waals surface area contributed by atoms with Crippen LogP contribution in [0.2, 0.25) is 0 Å². The van der Waals surface area contributed by atoms with E-state index < -0.39 is 61.1 Å². The van der Waals surface area contributed by atoms with Crippen molar-refractivity contribution in [1.29, 1.82) is 0 Å². The van der Waals surface area contributed by atoms with Crippen LogP contribution < -0.4 is 19.5 Å². The standard InChI is InChI=1S/C30H25F6N3O5/c1-42-20-8-17-7-18(9-22(43-2)24(17)37-11-20)27(40)38-14-29(41,30(34,35)36)23-10-21-26(44-15-28(21,12-31)13-32)25(39-23)16-3-5-19(33)6-4-16/h3-11,41H,12-15H2,1-2H3,(H,38,40)/t29-/m0/s1. The third kappa shape index (κ3) is 5.23. The molecule has 1 amide bonds. The molecular formula is C30H25F6N3O5. The summed E-state index contributed by atoms with van der Waals surface area (Å²) in [6.45, 7) is -4.63. The van der Waals surface area contributed by atoms with Crippen molar-refractivity contribution in [2.24, 2.45) is 0 Å². The maximum absolute atomic E-state index is 14.6. The van der Waals surface area contributed by atoms with Gasteiger partial charge in [-0.15, -0.1) is 0 Å². The fraction of sp³-hybridized carbons (Fsp3) is 0.300. The first-order chi connectivity index (χ1) is 20.9. The number of fused-ring (bicyclic) bond motifs is 2. The van der Waals surface area contributed by atoms with Gasteiger partial charge in [-0.1, -0.05) is 0 Å². The summed E-state index contributed by atoms with van der Waals surface area (Å²) in [6, 6.07) is 9.31. The zero-order valence-electron chi connectivity index (χ0n) is 23.3. The molecule has 44 heavy (non-hydrogen) atoms. The largest absolute Gasteiger partial charge is 0.495 e. The number of hydrogen-bond acceptors (Lipinski definition) is 7.